The van der Waals surface area contributed by atoms with Crippen LogP contribution in [0.15, 0.2) is 30.7 Å². The number of esters is 1. The topological polar surface area (TPSA) is 104 Å². The summed E-state index contributed by atoms with van der Waals surface area (Å²) in [5, 5.41) is 4.15. The second kappa shape index (κ2) is 11.3. The summed E-state index contributed by atoms with van der Waals surface area (Å²) in [6.45, 7) is 10.2. The smallest absolute Gasteiger partial charge is 0.435 e. The van der Waals surface area contributed by atoms with Crippen molar-refractivity contribution in [3.8, 4) is 11.1 Å². The average molecular weight is 517 g/mol. The molecule has 10 nitrogen and oxygen atoms in total. The van der Waals surface area contributed by atoms with Gasteiger partial charge in [0.1, 0.15) is 5.60 Å². The first-order chi connectivity index (χ1) is 17.0. The summed E-state index contributed by atoms with van der Waals surface area (Å²) >= 11 is 0. The second-order valence-electron chi connectivity index (χ2n) is 9.42. The Hall–Kier alpha value is -3.07. The summed E-state index contributed by atoms with van der Waals surface area (Å²) in [6.07, 6.45) is 4.27. The third-order valence-corrected chi connectivity index (χ3v) is 5.68. The number of hydrogen-bond acceptors (Lipinski definition) is 8. The van der Waals surface area contributed by atoms with E-state index in [-0.39, 0.29) is 18.9 Å². The molecule has 0 aliphatic rings. The number of nitrogens with zero attached hydrogens (tertiary/aromatic N) is 4. The molecular formula is C25H33N4O6P. The Morgan fingerprint density at radius 3 is 2.58 bits per heavy atom. The fraction of sp³-hybridized carbons (Fsp3) is 0.440. The third kappa shape index (κ3) is 6.19. The molecule has 1 atom stereocenters. The van der Waals surface area contributed by atoms with Crippen LogP contribution in [0.4, 0.5) is 4.79 Å². The number of fused-ring (bicyclic) bond motifs is 1. The maximum absolute atomic E-state index is 13.4. The fourth-order valence-corrected chi connectivity index (χ4v) is 3.93. The van der Waals surface area contributed by atoms with E-state index in [4.69, 9.17) is 14.0 Å². The van der Waals surface area contributed by atoms with Crippen LogP contribution in [0.2, 0.25) is 0 Å². The lowest BCUT2D eigenvalue weighted by molar-refractivity contribution is 0.0508. The van der Waals surface area contributed by atoms with Gasteiger partial charge in [-0.1, -0.05) is 0 Å². The Morgan fingerprint density at radius 2 is 1.94 bits per heavy atom. The third-order valence-electron chi connectivity index (χ3n) is 5.44. The highest BCUT2D eigenvalue weighted by atomic mass is 31.0. The molecule has 0 radical (unpaired) electrons. The zero-order valence-electron chi connectivity index (χ0n) is 21.5. The van der Waals surface area contributed by atoms with E-state index in [1.54, 1.807) is 63.7 Å². The minimum absolute atomic E-state index is 0.139. The molecule has 0 amide bonds. The van der Waals surface area contributed by atoms with Gasteiger partial charge in [0.25, 0.3) is 0 Å². The SMILES string of the molecule is CCOC(=O)c1cc2c(-c3cnn(C(=O)OC(C)(C)C)c3)ccn2c(C(=O)CN(C)CCOP)c1C. The van der Waals surface area contributed by atoms with Crippen molar-refractivity contribution in [3.63, 3.8) is 0 Å². The van der Waals surface area contributed by atoms with Gasteiger partial charge in [0.2, 0.25) is 0 Å². The van der Waals surface area contributed by atoms with Crippen molar-refractivity contribution in [3.05, 3.63) is 47.5 Å². The molecule has 3 rings (SSSR count). The zero-order valence-corrected chi connectivity index (χ0v) is 22.7. The van der Waals surface area contributed by atoms with Crippen LogP contribution < -0.4 is 0 Å². The molecule has 3 aromatic rings. The molecule has 3 aromatic heterocycles. The largest absolute Gasteiger partial charge is 0.462 e. The highest BCUT2D eigenvalue weighted by Gasteiger charge is 2.24. The van der Waals surface area contributed by atoms with Crippen LogP contribution in [0, 0.1) is 6.92 Å². The standard InChI is InChI=1S/C25H33N4O6P/c1-7-33-23(31)19-12-20-18(17-13-26-29(14-17)24(32)35-25(3,4)5)8-9-28(20)22(16(19)2)21(30)15-27(6)10-11-34-36/h8-9,12-14H,7,10-11,15,36H2,1-6H3. The first-order valence-corrected chi connectivity index (χ1v) is 12.1. The van der Waals surface area contributed by atoms with Crippen LogP contribution >= 0.6 is 9.47 Å². The molecule has 0 saturated carbocycles. The van der Waals surface area contributed by atoms with Gasteiger partial charge in [0.15, 0.2) is 5.78 Å². The molecule has 3 heterocycles. The van der Waals surface area contributed by atoms with Crippen LogP contribution in [0.1, 0.15) is 54.1 Å². The van der Waals surface area contributed by atoms with Crippen molar-refractivity contribution < 1.29 is 28.4 Å². The summed E-state index contributed by atoms with van der Waals surface area (Å²) in [4.78, 5) is 40.5. The molecule has 194 valence electrons. The van der Waals surface area contributed by atoms with E-state index in [2.05, 4.69) is 14.6 Å². The van der Waals surface area contributed by atoms with Crippen molar-refractivity contribution in [2.45, 2.75) is 40.2 Å². The summed E-state index contributed by atoms with van der Waals surface area (Å²) in [5.74, 6) is -0.658. The summed E-state index contributed by atoms with van der Waals surface area (Å²) < 4.78 is 18.6. The molecule has 11 heteroatoms. The van der Waals surface area contributed by atoms with Crippen LogP contribution in [0.25, 0.3) is 16.6 Å². The van der Waals surface area contributed by atoms with Crippen molar-refractivity contribution in [2.75, 3.05) is 33.4 Å². The first kappa shape index (κ1) is 27.5. The number of pyridine rings is 1. The number of Topliss-reactive ketones (excluding diaryl/α,β-unsaturated/α-hetero) is 1. The normalized spacial score (nSPS) is 11.8. The molecule has 0 bridgehead atoms. The summed E-state index contributed by atoms with van der Waals surface area (Å²) in [5.41, 5.74) is 2.52. The van der Waals surface area contributed by atoms with E-state index in [9.17, 15) is 14.4 Å². The number of ketones is 1. The predicted octanol–water partition coefficient (Wildman–Crippen LogP) is 3.99. The molecule has 0 aliphatic carbocycles. The molecule has 1 unspecified atom stereocenters. The quantitative estimate of drug-likeness (QED) is 0.239. The van der Waals surface area contributed by atoms with E-state index in [1.807, 2.05) is 18.0 Å². The van der Waals surface area contributed by atoms with Crippen molar-refractivity contribution >= 4 is 32.8 Å². The molecule has 0 fully saturated rings. The average Bonchev–Trinajstić information content (AvgIpc) is 3.43. The Bertz CT molecular complexity index is 1270. The van der Waals surface area contributed by atoms with Crippen molar-refractivity contribution in [1.29, 1.82) is 0 Å². The van der Waals surface area contributed by atoms with Gasteiger partial charge in [-0.25, -0.2) is 9.59 Å². The van der Waals surface area contributed by atoms with E-state index in [0.717, 1.165) is 4.68 Å². The van der Waals surface area contributed by atoms with Crippen LogP contribution in [-0.4, -0.2) is 75.9 Å². The summed E-state index contributed by atoms with van der Waals surface area (Å²) in [6, 6.07) is 3.53. The van der Waals surface area contributed by atoms with Gasteiger partial charge in [-0.2, -0.15) is 9.78 Å². The van der Waals surface area contributed by atoms with Gasteiger partial charge in [0.05, 0.1) is 42.7 Å². The first-order valence-electron chi connectivity index (χ1n) is 11.6. The Labute approximate surface area is 212 Å². The van der Waals surface area contributed by atoms with Crippen molar-refractivity contribution in [1.82, 2.24) is 19.1 Å². The molecule has 0 saturated heterocycles. The van der Waals surface area contributed by atoms with Gasteiger partial charge in [-0.05, 0) is 59.4 Å². The van der Waals surface area contributed by atoms with Crippen LogP contribution in [0.3, 0.4) is 0 Å². The molecule has 0 spiro atoms. The van der Waals surface area contributed by atoms with Gasteiger partial charge < -0.3 is 18.4 Å². The second-order valence-corrected chi connectivity index (χ2v) is 9.76. The lowest BCUT2D eigenvalue weighted by Crippen LogP contribution is -2.30. The number of ether oxygens (including phenoxy) is 2. The molecule has 0 N–H and O–H groups in total. The summed E-state index contributed by atoms with van der Waals surface area (Å²) in [7, 11) is 4.02. The monoisotopic (exact) mass is 516 g/mol. The molecule has 0 aromatic carbocycles. The highest BCUT2D eigenvalue weighted by molar-refractivity contribution is 7.09. The lowest BCUT2D eigenvalue weighted by atomic mass is 10.0. The predicted molar refractivity (Wildman–Crippen MR) is 138 cm³/mol. The molecule has 36 heavy (non-hydrogen) atoms. The van der Waals surface area contributed by atoms with Crippen LogP contribution in [-0.2, 0) is 14.0 Å². The Balaban J connectivity index is 2.09. The number of hydrogen-bond donors (Lipinski definition) is 0. The van der Waals surface area contributed by atoms with E-state index in [1.165, 1.54) is 0 Å². The number of carbonyl (C=O) groups is 3. The maximum atomic E-state index is 13.4. The Kier molecular flexibility index (Phi) is 8.66. The van der Waals surface area contributed by atoms with E-state index in [0.29, 0.717) is 46.6 Å². The number of likely N-dealkylation sites (N-methyl/N-ethyl adjacent to an activating group) is 1. The Morgan fingerprint density at radius 1 is 1.22 bits per heavy atom. The van der Waals surface area contributed by atoms with Gasteiger partial charge >= 0.3 is 12.1 Å². The number of rotatable bonds is 9. The number of aromatic nitrogens is 3. The van der Waals surface area contributed by atoms with Crippen molar-refractivity contribution in [2.24, 2.45) is 0 Å². The number of carbonyl (C=O) groups excluding carboxylic acids is 3. The van der Waals surface area contributed by atoms with Gasteiger partial charge in [0, 0.05) is 39.5 Å². The van der Waals surface area contributed by atoms with E-state index < -0.39 is 17.7 Å². The van der Waals surface area contributed by atoms with E-state index >= 15 is 0 Å². The van der Waals surface area contributed by atoms with Crippen LogP contribution in [0.5, 0.6) is 0 Å². The molecular weight excluding hydrogens is 483 g/mol. The zero-order chi connectivity index (χ0) is 26.6. The maximum Gasteiger partial charge on any atom is 0.435 e. The van der Waals surface area contributed by atoms with Gasteiger partial charge in [-0.15, -0.1) is 0 Å². The fourth-order valence-electron chi connectivity index (χ4n) is 3.83. The minimum atomic E-state index is -0.664. The molecule has 0 aliphatic heterocycles. The highest BCUT2D eigenvalue weighted by Crippen LogP contribution is 2.30. The van der Waals surface area contributed by atoms with Gasteiger partial charge in [-0.3, -0.25) is 9.69 Å². The minimum Gasteiger partial charge on any atom is -0.462 e. The lowest BCUT2D eigenvalue weighted by Gasteiger charge is -2.18.